The molecule has 3 heterocycles. The second-order valence-corrected chi connectivity index (χ2v) is 6.92. The number of amides is 1. The van der Waals surface area contributed by atoms with E-state index in [4.69, 9.17) is 9.57 Å². The molecule has 4 nitrogen and oxygen atoms in total. The van der Waals surface area contributed by atoms with Gasteiger partial charge >= 0.3 is 0 Å². The number of hydrogen-bond donors (Lipinski definition) is 0. The zero-order valence-electron chi connectivity index (χ0n) is 12.5. The molecule has 2 aliphatic rings. The van der Waals surface area contributed by atoms with Crippen LogP contribution in [0.4, 0.5) is 0 Å². The molecule has 0 spiro atoms. The number of β-lactam (4-membered cyclic amide) rings is 1. The van der Waals surface area contributed by atoms with E-state index in [1.54, 1.807) is 11.3 Å². The van der Waals surface area contributed by atoms with E-state index in [9.17, 15) is 4.79 Å². The highest BCUT2D eigenvalue weighted by Crippen LogP contribution is 2.33. The summed E-state index contributed by atoms with van der Waals surface area (Å²) in [6.07, 6.45) is 5.95. The van der Waals surface area contributed by atoms with Crippen molar-refractivity contribution in [2.45, 2.75) is 57.8 Å². The van der Waals surface area contributed by atoms with Gasteiger partial charge in [-0.15, -0.1) is 11.3 Å². The number of carbonyl (C=O) groups is 1. The summed E-state index contributed by atoms with van der Waals surface area (Å²) in [6, 6.07) is 4.41. The van der Waals surface area contributed by atoms with Crippen molar-refractivity contribution in [3.8, 4) is 0 Å². The molecule has 0 N–H and O–H groups in total. The van der Waals surface area contributed by atoms with Crippen LogP contribution in [0.15, 0.2) is 17.5 Å². The number of ether oxygens (including phenoxy) is 1. The van der Waals surface area contributed by atoms with Gasteiger partial charge in [0.1, 0.15) is 0 Å². The summed E-state index contributed by atoms with van der Waals surface area (Å²) in [7, 11) is 0. The molecule has 21 heavy (non-hydrogen) atoms. The molecule has 0 radical (unpaired) electrons. The zero-order chi connectivity index (χ0) is 14.7. The molecule has 2 saturated heterocycles. The number of thiophene rings is 1. The van der Waals surface area contributed by atoms with E-state index < -0.39 is 0 Å². The lowest BCUT2D eigenvalue weighted by atomic mass is 9.86. The van der Waals surface area contributed by atoms with Gasteiger partial charge in [0.25, 0.3) is 5.91 Å². The third kappa shape index (κ3) is 3.47. The first kappa shape index (κ1) is 15.0. The minimum absolute atomic E-state index is 0.119. The number of hydroxylamine groups is 2. The van der Waals surface area contributed by atoms with Gasteiger partial charge in [0, 0.05) is 17.9 Å². The second-order valence-electron chi connectivity index (χ2n) is 5.88. The Morgan fingerprint density at radius 3 is 3.05 bits per heavy atom. The van der Waals surface area contributed by atoms with Gasteiger partial charge in [0.05, 0.1) is 12.0 Å². The molecule has 1 amide bonds. The van der Waals surface area contributed by atoms with E-state index in [1.165, 1.54) is 9.94 Å². The lowest BCUT2D eigenvalue weighted by Gasteiger charge is -2.45. The molecular formula is C16H23NO3S. The minimum atomic E-state index is -0.225. The average molecular weight is 309 g/mol. The Bertz CT molecular complexity index is 456. The number of rotatable bonds is 6. The van der Waals surface area contributed by atoms with Crippen molar-refractivity contribution in [3.63, 3.8) is 0 Å². The fourth-order valence-corrected chi connectivity index (χ4v) is 3.79. The van der Waals surface area contributed by atoms with Gasteiger partial charge in [-0.3, -0.25) is 4.79 Å². The van der Waals surface area contributed by atoms with Crippen molar-refractivity contribution in [1.82, 2.24) is 5.06 Å². The first-order chi connectivity index (χ1) is 10.3. The summed E-state index contributed by atoms with van der Waals surface area (Å²) >= 11 is 1.79. The Morgan fingerprint density at radius 2 is 2.38 bits per heavy atom. The molecule has 3 rings (SSSR count). The highest BCUT2D eigenvalue weighted by molar-refractivity contribution is 7.09. The summed E-state index contributed by atoms with van der Waals surface area (Å²) in [4.78, 5) is 19.3. The topological polar surface area (TPSA) is 38.8 Å². The first-order valence-corrected chi connectivity index (χ1v) is 8.77. The van der Waals surface area contributed by atoms with Crippen molar-refractivity contribution in [2.75, 3.05) is 6.61 Å². The lowest BCUT2D eigenvalue weighted by molar-refractivity contribution is -0.316. The zero-order valence-corrected chi connectivity index (χ0v) is 13.3. The van der Waals surface area contributed by atoms with Crippen molar-refractivity contribution >= 4 is 17.2 Å². The van der Waals surface area contributed by atoms with Gasteiger partial charge < -0.3 is 4.74 Å². The quantitative estimate of drug-likeness (QED) is 0.756. The third-order valence-electron chi connectivity index (χ3n) is 4.37. The Balaban J connectivity index is 1.41. The van der Waals surface area contributed by atoms with Crippen LogP contribution in [0.25, 0.3) is 0 Å². The van der Waals surface area contributed by atoms with Gasteiger partial charge in [0.15, 0.2) is 6.29 Å². The standard InChI is InChI=1S/C16H23NO3S/c1-12-14(8-4-6-13-7-5-11-21-13)16(18)17(12)20-15-9-2-3-10-19-15/h5,7,11-12,14-15H,2-4,6,8-10H2,1H3/t12?,14?,15-/m0/s1. The monoisotopic (exact) mass is 309 g/mol. The van der Waals surface area contributed by atoms with E-state index in [2.05, 4.69) is 24.4 Å². The molecule has 0 aromatic carbocycles. The summed E-state index contributed by atoms with van der Waals surface area (Å²) in [5, 5.41) is 3.64. The van der Waals surface area contributed by atoms with Crippen molar-refractivity contribution in [2.24, 2.45) is 5.92 Å². The first-order valence-electron chi connectivity index (χ1n) is 7.89. The summed E-state index contributed by atoms with van der Waals surface area (Å²) in [5.41, 5.74) is 0. The van der Waals surface area contributed by atoms with E-state index in [0.29, 0.717) is 0 Å². The van der Waals surface area contributed by atoms with Gasteiger partial charge in [-0.25, -0.2) is 9.90 Å². The van der Waals surface area contributed by atoms with Crippen molar-refractivity contribution < 1.29 is 14.4 Å². The van der Waals surface area contributed by atoms with Crippen LogP contribution in [-0.2, 0) is 20.8 Å². The molecule has 1 aromatic heterocycles. The summed E-state index contributed by atoms with van der Waals surface area (Å²) in [5.74, 6) is 0.247. The van der Waals surface area contributed by atoms with E-state index in [-0.39, 0.29) is 24.2 Å². The van der Waals surface area contributed by atoms with Crippen LogP contribution in [-0.4, -0.2) is 29.9 Å². The molecule has 2 unspecified atom stereocenters. The Labute approximate surface area is 130 Å². The SMILES string of the molecule is CC1C(CCCc2cccs2)C(=O)N1O[C@H]1CCCCO1. The van der Waals surface area contributed by atoms with Crippen molar-refractivity contribution in [3.05, 3.63) is 22.4 Å². The Kier molecular flexibility index (Phi) is 4.93. The molecule has 2 aliphatic heterocycles. The van der Waals surface area contributed by atoms with E-state index >= 15 is 0 Å². The molecule has 3 atom stereocenters. The van der Waals surface area contributed by atoms with Crippen LogP contribution in [0.5, 0.6) is 0 Å². The van der Waals surface area contributed by atoms with E-state index in [1.807, 2.05) is 0 Å². The smallest absolute Gasteiger partial charge is 0.251 e. The van der Waals surface area contributed by atoms with E-state index in [0.717, 1.165) is 45.1 Å². The number of aryl methyl sites for hydroxylation is 1. The average Bonchev–Trinajstić information content (AvgIpc) is 3.03. The van der Waals surface area contributed by atoms with Crippen LogP contribution in [0.3, 0.4) is 0 Å². The molecule has 0 aliphatic carbocycles. The molecule has 0 saturated carbocycles. The fourth-order valence-electron chi connectivity index (χ4n) is 3.04. The molecular weight excluding hydrogens is 286 g/mol. The van der Waals surface area contributed by atoms with Crippen LogP contribution in [0.2, 0.25) is 0 Å². The normalized spacial score (nSPS) is 29.5. The Morgan fingerprint density at radius 1 is 1.48 bits per heavy atom. The largest absolute Gasteiger partial charge is 0.350 e. The lowest BCUT2D eigenvalue weighted by Crippen LogP contribution is -2.60. The molecule has 2 fully saturated rings. The van der Waals surface area contributed by atoms with Crippen LogP contribution in [0.1, 0.15) is 43.9 Å². The number of carbonyl (C=O) groups excluding carboxylic acids is 1. The maximum absolute atomic E-state index is 12.2. The second kappa shape index (κ2) is 6.90. The predicted octanol–water partition coefficient (Wildman–Crippen LogP) is 3.38. The fraction of sp³-hybridized carbons (Fsp3) is 0.688. The van der Waals surface area contributed by atoms with Gasteiger partial charge in [-0.2, -0.15) is 0 Å². The highest BCUT2D eigenvalue weighted by atomic mass is 32.1. The molecule has 5 heteroatoms. The van der Waals surface area contributed by atoms with Crippen LogP contribution >= 0.6 is 11.3 Å². The van der Waals surface area contributed by atoms with Gasteiger partial charge in [-0.05, 0) is 50.5 Å². The molecule has 0 bridgehead atoms. The molecule has 116 valence electrons. The van der Waals surface area contributed by atoms with Gasteiger partial charge in [-0.1, -0.05) is 6.07 Å². The summed E-state index contributed by atoms with van der Waals surface area (Å²) in [6.45, 7) is 2.81. The summed E-state index contributed by atoms with van der Waals surface area (Å²) < 4.78 is 5.53. The van der Waals surface area contributed by atoms with Gasteiger partial charge in [0.2, 0.25) is 0 Å². The highest BCUT2D eigenvalue weighted by Gasteiger charge is 2.46. The maximum Gasteiger partial charge on any atom is 0.251 e. The van der Waals surface area contributed by atoms with Crippen LogP contribution in [0, 0.1) is 5.92 Å². The number of hydrogen-bond acceptors (Lipinski definition) is 4. The molecule has 1 aromatic rings. The van der Waals surface area contributed by atoms with Crippen LogP contribution < -0.4 is 0 Å². The number of nitrogens with zero attached hydrogens (tertiary/aromatic N) is 1. The minimum Gasteiger partial charge on any atom is -0.350 e. The maximum atomic E-state index is 12.2. The van der Waals surface area contributed by atoms with Crippen molar-refractivity contribution in [1.29, 1.82) is 0 Å². The third-order valence-corrected chi connectivity index (χ3v) is 5.31. The Hall–Kier alpha value is -0.910. The predicted molar refractivity (Wildman–Crippen MR) is 81.7 cm³/mol.